The average Bonchev–Trinajstić information content (AvgIpc) is 3.08. The Balaban J connectivity index is 0.00000256. The van der Waals surface area contributed by atoms with Gasteiger partial charge in [0, 0.05) is 34.8 Å². The molecule has 0 saturated heterocycles. The third-order valence-corrected chi connectivity index (χ3v) is 5.17. The van der Waals surface area contributed by atoms with Gasteiger partial charge in [-0.05, 0) is 36.9 Å². The predicted octanol–water partition coefficient (Wildman–Crippen LogP) is 5.18. The fourth-order valence-electron chi connectivity index (χ4n) is 3.91. The van der Waals surface area contributed by atoms with Crippen molar-refractivity contribution in [3.05, 3.63) is 96.2 Å². The van der Waals surface area contributed by atoms with E-state index in [2.05, 4.69) is 5.32 Å². The molecule has 3 nitrogen and oxygen atoms in total. The summed E-state index contributed by atoms with van der Waals surface area (Å²) in [6, 6.07) is 20.0. The summed E-state index contributed by atoms with van der Waals surface area (Å²) in [5.41, 5.74) is 2.71. The standard InChI is InChI=1S/C24H22F2N2O.ClH/c1-27-14-23(29)24(16-7-6-8-17(25)13-16)28-15-20(18-9-2-4-11-21(18)26)19-10-3-5-12-22(19)28;/h2-13,15,23-24,27,29H,14H2,1H3;1H/t23-,24+;/m1./s1. The molecular weight excluding hydrogens is 406 g/mol. The summed E-state index contributed by atoms with van der Waals surface area (Å²) in [7, 11) is 1.75. The molecule has 0 spiro atoms. The van der Waals surface area contributed by atoms with Crippen molar-refractivity contribution in [1.82, 2.24) is 9.88 Å². The Morgan fingerprint density at radius 2 is 1.67 bits per heavy atom. The molecule has 2 atom stereocenters. The molecule has 0 aliphatic carbocycles. The highest BCUT2D eigenvalue weighted by atomic mass is 35.5. The number of fused-ring (bicyclic) bond motifs is 1. The predicted molar refractivity (Wildman–Crippen MR) is 119 cm³/mol. The van der Waals surface area contributed by atoms with Gasteiger partial charge in [0.1, 0.15) is 11.6 Å². The lowest BCUT2D eigenvalue weighted by Crippen LogP contribution is -2.33. The molecule has 0 fully saturated rings. The van der Waals surface area contributed by atoms with Crippen LogP contribution in [-0.4, -0.2) is 29.4 Å². The fourth-order valence-corrected chi connectivity index (χ4v) is 3.91. The first kappa shape index (κ1) is 22.0. The number of nitrogens with one attached hydrogen (secondary N) is 1. The highest BCUT2D eigenvalue weighted by Crippen LogP contribution is 2.36. The minimum absolute atomic E-state index is 0. The number of hydrogen-bond donors (Lipinski definition) is 2. The molecule has 0 saturated carbocycles. The van der Waals surface area contributed by atoms with E-state index in [4.69, 9.17) is 0 Å². The number of likely N-dealkylation sites (N-methyl/N-ethyl adjacent to an activating group) is 1. The number of rotatable bonds is 6. The Bertz CT molecular complexity index is 1140. The van der Waals surface area contributed by atoms with Crippen LogP contribution in [0, 0.1) is 11.6 Å². The summed E-state index contributed by atoms with van der Waals surface area (Å²) < 4.78 is 30.4. The van der Waals surface area contributed by atoms with Crippen LogP contribution in [0.5, 0.6) is 0 Å². The van der Waals surface area contributed by atoms with Crippen LogP contribution in [0.1, 0.15) is 11.6 Å². The van der Waals surface area contributed by atoms with Crippen LogP contribution in [-0.2, 0) is 0 Å². The second-order valence-corrected chi connectivity index (χ2v) is 7.07. The molecule has 0 radical (unpaired) electrons. The zero-order valence-corrected chi connectivity index (χ0v) is 17.2. The monoisotopic (exact) mass is 428 g/mol. The number of aromatic nitrogens is 1. The van der Waals surface area contributed by atoms with Crippen LogP contribution in [0.2, 0.25) is 0 Å². The smallest absolute Gasteiger partial charge is 0.131 e. The molecule has 0 unspecified atom stereocenters. The molecule has 4 rings (SSSR count). The lowest BCUT2D eigenvalue weighted by Gasteiger charge is -2.26. The maximum atomic E-state index is 14.6. The molecule has 0 bridgehead atoms. The van der Waals surface area contributed by atoms with E-state index >= 15 is 0 Å². The van der Waals surface area contributed by atoms with Crippen molar-refractivity contribution in [2.75, 3.05) is 13.6 Å². The first-order valence-electron chi connectivity index (χ1n) is 9.52. The third kappa shape index (κ3) is 4.10. The topological polar surface area (TPSA) is 37.2 Å². The minimum atomic E-state index is -0.814. The maximum Gasteiger partial charge on any atom is 0.131 e. The van der Waals surface area contributed by atoms with Crippen LogP contribution in [0.4, 0.5) is 8.78 Å². The lowest BCUT2D eigenvalue weighted by atomic mass is 10.0. The number of nitrogens with zero attached hydrogens (tertiary/aromatic N) is 1. The van der Waals surface area contributed by atoms with Gasteiger partial charge in [-0.3, -0.25) is 0 Å². The van der Waals surface area contributed by atoms with Gasteiger partial charge in [0.25, 0.3) is 0 Å². The van der Waals surface area contributed by atoms with E-state index in [9.17, 15) is 13.9 Å². The number of hydrogen-bond acceptors (Lipinski definition) is 2. The van der Waals surface area contributed by atoms with Gasteiger partial charge in [-0.2, -0.15) is 0 Å². The Morgan fingerprint density at radius 1 is 0.933 bits per heavy atom. The van der Waals surface area contributed by atoms with Gasteiger partial charge in [-0.1, -0.05) is 48.5 Å². The Morgan fingerprint density at radius 3 is 2.40 bits per heavy atom. The Labute approximate surface area is 180 Å². The largest absolute Gasteiger partial charge is 0.389 e. The molecule has 30 heavy (non-hydrogen) atoms. The molecule has 4 aromatic rings. The second-order valence-electron chi connectivity index (χ2n) is 7.07. The van der Waals surface area contributed by atoms with E-state index in [0.717, 1.165) is 16.5 Å². The van der Waals surface area contributed by atoms with Crippen LogP contribution in [0.3, 0.4) is 0 Å². The van der Waals surface area contributed by atoms with Crippen LogP contribution in [0.25, 0.3) is 22.0 Å². The molecule has 1 aromatic heterocycles. The van der Waals surface area contributed by atoms with Gasteiger partial charge in [0.2, 0.25) is 0 Å². The number of aliphatic hydroxyl groups is 1. The van der Waals surface area contributed by atoms with E-state index in [1.54, 1.807) is 37.4 Å². The summed E-state index contributed by atoms with van der Waals surface area (Å²) in [6.07, 6.45) is 1.03. The van der Waals surface area contributed by atoms with Crippen LogP contribution >= 0.6 is 12.4 Å². The van der Waals surface area contributed by atoms with E-state index in [0.29, 0.717) is 17.7 Å². The quantitative estimate of drug-likeness (QED) is 0.444. The molecule has 156 valence electrons. The van der Waals surface area contributed by atoms with Gasteiger partial charge >= 0.3 is 0 Å². The van der Waals surface area contributed by atoms with Gasteiger partial charge < -0.3 is 15.0 Å². The van der Waals surface area contributed by atoms with E-state index in [1.807, 2.05) is 35.0 Å². The van der Waals surface area contributed by atoms with Crippen molar-refractivity contribution >= 4 is 23.3 Å². The second kappa shape index (κ2) is 9.39. The van der Waals surface area contributed by atoms with Gasteiger partial charge in [-0.15, -0.1) is 12.4 Å². The molecule has 0 aliphatic heterocycles. The summed E-state index contributed by atoms with van der Waals surface area (Å²) in [5, 5.41) is 14.8. The number of aliphatic hydroxyl groups excluding tert-OH is 1. The Hall–Kier alpha value is -2.73. The zero-order valence-electron chi connectivity index (χ0n) is 16.4. The van der Waals surface area contributed by atoms with Crippen molar-refractivity contribution < 1.29 is 13.9 Å². The van der Waals surface area contributed by atoms with Crippen molar-refractivity contribution in [3.63, 3.8) is 0 Å². The SMILES string of the molecule is CNC[C@@H](O)[C@H](c1cccc(F)c1)n1cc(-c2ccccc2F)c2ccccc21.Cl. The third-order valence-electron chi connectivity index (χ3n) is 5.17. The Kier molecular flexibility index (Phi) is 6.87. The van der Waals surface area contributed by atoms with Crippen molar-refractivity contribution in [3.8, 4) is 11.1 Å². The van der Waals surface area contributed by atoms with Crippen molar-refractivity contribution in [2.24, 2.45) is 0 Å². The van der Waals surface area contributed by atoms with E-state index in [-0.39, 0.29) is 24.0 Å². The summed E-state index contributed by atoms with van der Waals surface area (Å²) >= 11 is 0. The first-order valence-corrected chi connectivity index (χ1v) is 9.52. The first-order chi connectivity index (χ1) is 14.1. The highest BCUT2D eigenvalue weighted by Gasteiger charge is 2.26. The number of para-hydroxylation sites is 1. The molecule has 1 heterocycles. The van der Waals surface area contributed by atoms with Crippen LogP contribution < -0.4 is 5.32 Å². The molecule has 0 amide bonds. The molecule has 6 heteroatoms. The molecule has 0 aliphatic rings. The van der Waals surface area contributed by atoms with Gasteiger partial charge in [0.15, 0.2) is 0 Å². The molecule has 3 aromatic carbocycles. The van der Waals surface area contributed by atoms with E-state index in [1.165, 1.54) is 18.2 Å². The van der Waals surface area contributed by atoms with Crippen LogP contribution in [0.15, 0.2) is 79.0 Å². The summed E-state index contributed by atoms with van der Waals surface area (Å²) in [4.78, 5) is 0. The minimum Gasteiger partial charge on any atom is -0.389 e. The van der Waals surface area contributed by atoms with Gasteiger partial charge in [-0.25, -0.2) is 8.78 Å². The molecule has 2 N–H and O–H groups in total. The summed E-state index contributed by atoms with van der Waals surface area (Å²) in [5.74, 6) is -0.677. The average molecular weight is 429 g/mol. The number of benzene rings is 3. The summed E-state index contributed by atoms with van der Waals surface area (Å²) in [6.45, 7) is 0.322. The van der Waals surface area contributed by atoms with Crippen molar-refractivity contribution in [1.29, 1.82) is 0 Å². The molecular formula is C24H23ClF2N2O. The maximum absolute atomic E-state index is 14.6. The zero-order chi connectivity index (χ0) is 20.4. The lowest BCUT2D eigenvalue weighted by molar-refractivity contribution is 0.132. The normalized spacial score (nSPS) is 13.1. The fraction of sp³-hybridized carbons (Fsp3) is 0.167. The highest BCUT2D eigenvalue weighted by molar-refractivity contribution is 5.96. The number of halogens is 3. The van der Waals surface area contributed by atoms with Gasteiger partial charge in [0.05, 0.1) is 12.1 Å². The van der Waals surface area contributed by atoms with E-state index < -0.39 is 12.1 Å². The van der Waals surface area contributed by atoms with Crippen molar-refractivity contribution in [2.45, 2.75) is 12.1 Å².